The Hall–Kier alpha value is -1.11. The van der Waals surface area contributed by atoms with Gasteiger partial charge in [-0.2, -0.15) is 0 Å². The molecular formula is C36H58O10. The second kappa shape index (κ2) is 10.9. The lowest BCUT2D eigenvalue weighted by Crippen LogP contribution is -2.69. The number of hydrogen-bond acceptors (Lipinski definition) is 10. The molecule has 0 aromatic carbocycles. The first-order chi connectivity index (χ1) is 21.2. The molecule has 262 valence electrons. The van der Waals surface area contributed by atoms with Gasteiger partial charge in [0.15, 0.2) is 0 Å². The van der Waals surface area contributed by atoms with Crippen LogP contribution in [0.4, 0.5) is 0 Å². The van der Waals surface area contributed by atoms with Crippen molar-refractivity contribution < 1.29 is 50.0 Å². The van der Waals surface area contributed by atoms with Crippen molar-refractivity contribution in [2.75, 3.05) is 6.61 Å². The van der Waals surface area contributed by atoms with E-state index >= 15 is 0 Å². The molecule has 46 heavy (non-hydrogen) atoms. The van der Waals surface area contributed by atoms with E-state index in [1.54, 1.807) is 0 Å². The summed E-state index contributed by atoms with van der Waals surface area (Å²) in [6.45, 7) is 14.4. The molecule has 0 aromatic rings. The van der Waals surface area contributed by atoms with Gasteiger partial charge in [0.25, 0.3) is 0 Å². The molecule has 0 bridgehead atoms. The van der Waals surface area contributed by atoms with Gasteiger partial charge in [0.2, 0.25) is 6.29 Å². The maximum atomic E-state index is 14.5. The number of ether oxygens (including phenoxy) is 2. The average Bonchev–Trinajstić information content (AvgIpc) is 2.98. The number of hydrogen-bond donors (Lipinski definition) is 7. The summed E-state index contributed by atoms with van der Waals surface area (Å²) >= 11 is 0. The van der Waals surface area contributed by atoms with E-state index in [1.807, 2.05) is 13.8 Å². The molecule has 0 aromatic heterocycles. The fourth-order valence-electron chi connectivity index (χ4n) is 12.4. The smallest absolute Gasteiger partial charge is 0.315 e. The Labute approximate surface area is 273 Å². The predicted octanol–water partition coefficient (Wildman–Crippen LogP) is 2.43. The zero-order valence-electron chi connectivity index (χ0n) is 28.6. The zero-order chi connectivity index (χ0) is 34.0. The first-order valence-corrected chi connectivity index (χ1v) is 17.5. The van der Waals surface area contributed by atoms with E-state index in [-0.39, 0.29) is 34.0 Å². The molecule has 10 nitrogen and oxygen atoms in total. The molecule has 1 aliphatic heterocycles. The van der Waals surface area contributed by atoms with Crippen molar-refractivity contribution in [3.8, 4) is 0 Å². The molecule has 5 fully saturated rings. The summed E-state index contributed by atoms with van der Waals surface area (Å²) in [6, 6.07) is 0. The van der Waals surface area contributed by atoms with Gasteiger partial charge < -0.3 is 45.2 Å². The van der Waals surface area contributed by atoms with Gasteiger partial charge in [-0.1, -0.05) is 53.2 Å². The van der Waals surface area contributed by atoms with Crippen molar-refractivity contribution >= 4 is 5.97 Å². The van der Waals surface area contributed by atoms with Gasteiger partial charge in [0.05, 0.1) is 29.8 Å². The molecular weight excluding hydrogens is 592 g/mol. The minimum atomic E-state index is -1.70. The van der Waals surface area contributed by atoms with Crippen LogP contribution >= 0.6 is 0 Å². The standard InChI is InChI=1S/C36H58O10/c1-18-10-13-36(30(43)46-29-26(41)25(40)24(39)21(17-37)45-29)15-14-33(5)19(27(36)35(18,7)44)8-9-23-32(4)16-20(38)28(42)31(2,3)22(32)11-12-34(23,33)6/h8,18,20-29,37-42,44H,9-17H2,1-7H3/t18-,20-,21-,22?,23?,24-,25+,26-,27-,28-,29+,32+,33-,34-,35-,36+/m1/s1. The Morgan fingerprint density at radius 1 is 0.913 bits per heavy atom. The summed E-state index contributed by atoms with van der Waals surface area (Å²) in [6.07, 6.45) is -1.65. The van der Waals surface area contributed by atoms with Crippen LogP contribution in [0.5, 0.6) is 0 Å². The Balaban J connectivity index is 1.39. The fraction of sp³-hybridized carbons (Fsp3) is 0.917. The number of aliphatic hydroxyl groups is 7. The summed E-state index contributed by atoms with van der Waals surface area (Å²) in [7, 11) is 0. The molecule has 4 saturated carbocycles. The Kier molecular flexibility index (Phi) is 8.27. The average molecular weight is 651 g/mol. The molecule has 6 aliphatic rings. The van der Waals surface area contributed by atoms with Crippen LogP contribution in [-0.4, -0.2) is 96.8 Å². The summed E-state index contributed by atoms with van der Waals surface area (Å²) in [4.78, 5) is 14.5. The molecule has 16 atom stereocenters. The van der Waals surface area contributed by atoms with E-state index in [2.05, 4.69) is 40.7 Å². The number of carbonyl (C=O) groups is 1. The third kappa shape index (κ3) is 4.39. The van der Waals surface area contributed by atoms with Gasteiger partial charge in [-0.3, -0.25) is 4.79 Å². The molecule has 0 spiro atoms. The highest BCUT2D eigenvalue weighted by Gasteiger charge is 2.72. The van der Waals surface area contributed by atoms with Crippen LogP contribution in [-0.2, 0) is 14.3 Å². The van der Waals surface area contributed by atoms with E-state index < -0.39 is 77.8 Å². The van der Waals surface area contributed by atoms with Gasteiger partial charge in [0, 0.05) is 5.92 Å². The van der Waals surface area contributed by atoms with Gasteiger partial charge >= 0.3 is 5.97 Å². The number of esters is 1. The first-order valence-electron chi connectivity index (χ1n) is 17.5. The number of rotatable bonds is 3. The normalized spacial score (nSPS) is 56.4. The van der Waals surface area contributed by atoms with Crippen molar-refractivity contribution in [2.45, 2.75) is 148 Å². The van der Waals surface area contributed by atoms with Crippen molar-refractivity contribution in [3.05, 3.63) is 11.6 Å². The first kappa shape index (κ1) is 34.7. The Bertz CT molecular complexity index is 1250. The highest BCUT2D eigenvalue weighted by Crippen LogP contribution is 2.76. The highest BCUT2D eigenvalue weighted by molar-refractivity contribution is 5.79. The van der Waals surface area contributed by atoms with Gasteiger partial charge in [0.1, 0.15) is 24.4 Å². The molecule has 1 saturated heterocycles. The molecule has 7 N–H and O–H groups in total. The monoisotopic (exact) mass is 650 g/mol. The zero-order valence-corrected chi connectivity index (χ0v) is 28.6. The van der Waals surface area contributed by atoms with E-state index in [9.17, 15) is 40.5 Å². The Morgan fingerprint density at radius 3 is 2.24 bits per heavy atom. The lowest BCUT2D eigenvalue weighted by atomic mass is 9.33. The van der Waals surface area contributed by atoms with Gasteiger partial charge in [-0.05, 0) is 97.7 Å². The predicted molar refractivity (Wildman–Crippen MR) is 168 cm³/mol. The largest absolute Gasteiger partial charge is 0.432 e. The van der Waals surface area contributed by atoms with Crippen LogP contribution in [0.15, 0.2) is 11.6 Å². The lowest BCUT2D eigenvalue weighted by molar-refractivity contribution is -0.299. The third-order valence-corrected chi connectivity index (χ3v) is 15.5. The number of allylic oxidation sites excluding steroid dienone is 1. The number of fused-ring (bicyclic) bond motifs is 7. The Morgan fingerprint density at radius 2 is 1.59 bits per heavy atom. The highest BCUT2D eigenvalue weighted by atomic mass is 16.7. The molecule has 10 heteroatoms. The van der Waals surface area contributed by atoms with Crippen molar-refractivity contribution in [2.24, 2.45) is 50.7 Å². The summed E-state index contributed by atoms with van der Waals surface area (Å²) in [5, 5.41) is 75.6. The van der Waals surface area contributed by atoms with Crippen LogP contribution in [0, 0.1) is 50.7 Å². The van der Waals surface area contributed by atoms with Crippen molar-refractivity contribution in [1.29, 1.82) is 0 Å². The van der Waals surface area contributed by atoms with Gasteiger partial charge in [-0.15, -0.1) is 0 Å². The summed E-state index contributed by atoms with van der Waals surface area (Å²) in [5.74, 6) is -0.787. The minimum absolute atomic E-state index is 0.0940. The SMILES string of the molecule is C[C@@H]1CC[C@]2(C(=O)O[C@@H]3O[C@H](CO)[C@@H](O)[C@H](O)[C@H]3O)CC[C@]3(C)C(=CCC4[C@@]5(C)C[C@@H](O)[C@@H](O)C(C)(C)C5CC[C@]43C)[C@@H]2[C@]1(C)O. The number of aliphatic hydroxyl groups excluding tert-OH is 6. The molecule has 0 amide bonds. The van der Waals surface area contributed by atoms with E-state index in [0.717, 1.165) is 24.8 Å². The lowest BCUT2D eigenvalue weighted by Gasteiger charge is -2.72. The van der Waals surface area contributed by atoms with E-state index in [0.29, 0.717) is 32.1 Å². The molecule has 6 rings (SSSR count). The number of carbonyl (C=O) groups excluding carboxylic acids is 1. The van der Waals surface area contributed by atoms with Crippen LogP contribution < -0.4 is 0 Å². The second-order valence-corrected chi connectivity index (χ2v) is 17.7. The molecule has 2 unspecified atom stereocenters. The fourth-order valence-corrected chi connectivity index (χ4v) is 12.4. The maximum Gasteiger partial charge on any atom is 0.315 e. The van der Waals surface area contributed by atoms with Crippen molar-refractivity contribution in [1.82, 2.24) is 0 Å². The van der Waals surface area contributed by atoms with Crippen LogP contribution in [0.3, 0.4) is 0 Å². The topological polar surface area (TPSA) is 177 Å². The van der Waals surface area contributed by atoms with Crippen LogP contribution in [0.1, 0.15) is 99.8 Å². The van der Waals surface area contributed by atoms with Crippen LogP contribution in [0.25, 0.3) is 0 Å². The van der Waals surface area contributed by atoms with Gasteiger partial charge in [-0.25, -0.2) is 0 Å². The van der Waals surface area contributed by atoms with E-state index in [4.69, 9.17) is 9.47 Å². The summed E-state index contributed by atoms with van der Waals surface area (Å²) in [5.41, 5.74) is -2.44. The third-order valence-electron chi connectivity index (χ3n) is 15.5. The molecule has 5 aliphatic carbocycles. The van der Waals surface area contributed by atoms with Crippen molar-refractivity contribution in [3.63, 3.8) is 0 Å². The minimum Gasteiger partial charge on any atom is -0.432 e. The molecule has 1 heterocycles. The summed E-state index contributed by atoms with van der Waals surface area (Å²) < 4.78 is 11.5. The van der Waals surface area contributed by atoms with E-state index in [1.165, 1.54) is 0 Å². The maximum absolute atomic E-state index is 14.5. The van der Waals surface area contributed by atoms with Crippen LogP contribution in [0.2, 0.25) is 0 Å². The quantitative estimate of drug-likeness (QED) is 0.177. The second-order valence-electron chi connectivity index (χ2n) is 17.7. The molecule has 0 radical (unpaired) electrons.